The second kappa shape index (κ2) is 6.28. The molecule has 2 unspecified atom stereocenters. The molecule has 3 amide bonds. The third-order valence-electron chi connectivity index (χ3n) is 4.31. The molecule has 23 heavy (non-hydrogen) atoms. The SMILES string of the molecule is COC(=O)C1CN(C(=O)NC2CCNC2=O)Cc2ccccc21. The van der Waals surface area contributed by atoms with Crippen molar-refractivity contribution in [1.29, 1.82) is 0 Å². The predicted octanol–water partition coefficient (Wildman–Crippen LogP) is 0.357. The van der Waals surface area contributed by atoms with Crippen LogP contribution in [0, 0.1) is 0 Å². The maximum Gasteiger partial charge on any atom is 0.318 e. The van der Waals surface area contributed by atoms with E-state index in [0.29, 0.717) is 19.5 Å². The second-order valence-electron chi connectivity index (χ2n) is 5.74. The lowest BCUT2D eigenvalue weighted by molar-refractivity contribution is -0.143. The molecule has 1 aromatic rings. The summed E-state index contributed by atoms with van der Waals surface area (Å²) in [4.78, 5) is 37.6. The minimum atomic E-state index is -0.506. The average Bonchev–Trinajstić information content (AvgIpc) is 2.98. The zero-order chi connectivity index (χ0) is 16.4. The van der Waals surface area contributed by atoms with Crippen molar-refractivity contribution in [3.63, 3.8) is 0 Å². The van der Waals surface area contributed by atoms with Crippen LogP contribution in [-0.2, 0) is 20.9 Å². The van der Waals surface area contributed by atoms with Gasteiger partial charge in [-0.1, -0.05) is 24.3 Å². The first-order chi connectivity index (χ1) is 11.1. The van der Waals surface area contributed by atoms with Gasteiger partial charge in [-0.3, -0.25) is 9.59 Å². The van der Waals surface area contributed by atoms with Crippen molar-refractivity contribution in [2.75, 3.05) is 20.2 Å². The van der Waals surface area contributed by atoms with Crippen LogP contribution in [-0.4, -0.2) is 49.0 Å². The lowest BCUT2D eigenvalue weighted by atomic mass is 9.90. The van der Waals surface area contributed by atoms with Gasteiger partial charge in [0.05, 0.1) is 13.0 Å². The van der Waals surface area contributed by atoms with E-state index >= 15 is 0 Å². The normalized spacial score (nSPS) is 23.0. The van der Waals surface area contributed by atoms with Crippen LogP contribution in [0.4, 0.5) is 4.79 Å². The minimum absolute atomic E-state index is 0.166. The molecule has 1 saturated heterocycles. The number of hydrogen-bond donors (Lipinski definition) is 2. The summed E-state index contributed by atoms with van der Waals surface area (Å²) in [5, 5.41) is 5.41. The number of carbonyl (C=O) groups is 3. The molecule has 0 spiro atoms. The molecule has 122 valence electrons. The summed E-state index contributed by atoms with van der Waals surface area (Å²) in [6, 6.07) is 6.68. The number of esters is 1. The number of nitrogens with one attached hydrogen (secondary N) is 2. The topological polar surface area (TPSA) is 87.7 Å². The Kier molecular flexibility index (Phi) is 4.18. The van der Waals surface area contributed by atoms with Gasteiger partial charge in [-0.15, -0.1) is 0 Å². The number of amides is 3. The van der Waals surface area contributed by atoms with Gasteiger partial charge < -0.3 is 20.3 Å². The highest BCUT2D eigenvalue weighted by Crippen LogP contribution is 2.29. The van der Waals surface area contributed by atoms with Gasteiger partial charge in [0.25, 0.3) is 0 Å². The van der Waals surface area contributed by atoms with Crippen LogP contribution < -0.4 is 10.6 Å². The first-order valence-corrected chi connectivity index (χ1v) is 7.59. The quantitative estimate of drug-likeness (QED) is 0.771. The van der Waals surface area contributed by atoms with Gasteiger partial charge >= 0.3 is 12.0 Å². The third-order valence-corrected chi connectivity index (χ3v) is 4.31. The summed E-state index contributed by atoms with van der Waals surface area (Å²) in [6.45, 7) is 1.21. The van der Waals surface area contributed by atoms with Crippen LogP contribution >= 0.6 is 0 Å². The van der Waals surface area contributed by atoms with Crippen molar-refractivity contribution >= 4 is 17.9 Å². The van der Waals surface area contributed by atoms with Crippen LogP contribution in [0.15, 0.2) is 24.3 Å². The summed E-state index contributed by atoms with van der Waals surface area (Å²) < 4.78 is 4.86. The fraction of sp³-hybridized carbons (Fsp3) is 0.438. The molecule has 0 radical (unpaired) electrons. The molecule has 3 rings (SSSR count). The largest absolute Gasteiger partial charge is 0.468 e. The predicted molar refractivity (Wildman–Crippen MR) is 81.6 cm³/mol. The lowest BCUT2D eigenvalue weighted by Crippen LogP contribution is -2.50. The molecule has 2 N–H and O–H groups in total. The van der Waals surface area contributed by atoms with E-state index in [2.05, 4.69) is 10.6 Å². The third kappa shape index (κ3) is 2.99. The Balaban J connectivity index is 1.78. The molecule has 0 aromatic heterocycles. The number of nitrogens with zero attached hydrogens (tertiary/aromatic N) is 1. The molecule has 2 aliphatic heterocycles. The zero-order valence-corrected chi connectivity index (χ0v) is 12.9. The molecule has 1 fully saturated rings. The van der Waals surface area contributed by atoms with Gasteiger partial charge in [-0.2, -0.15) is 0 Å². The van der Waals surface area contributed by atoms with Gasteiger partial charge in [0.1, 0.15) is 6.04 Å². The number of carbonyl (C=O) groups excluding carboxylic acids is 3. The van der Waals surface area contributed by atoms with Crippen molar-refractivity contribution in [3.8, 4) is 0 Å². The molecule has 2 aliphatic rings. The Morgan fingerprint density at radius 1 is 1.35 bits per heavy atom. The number of urea groups is 1. The molecule has 0 saturated carbocycles. The maximum absolute atomic E-state index is 12.4. The highest BCUT2D eigenvalue weighted by Gasteiger charge is 2.35. The Morgan fingerprint density at radius 2 is 2.13 bits per heavy atom. The first-order valence-electron chi connectivity index (χ1n) is 7.59. The summed E-state index contributed by atoms with van der Waals surface area (Å²) in [5.41, 5.74) is 1.81. The van der Waals surface area contributed by atoms with Crippen molar-refractivity contribution < 1.29 is 19.1 Å². The lowest BCUT2D eigenvalue weighted by Gasteiger charge is -2.33. The summed E-state index contributed by atoms with van der Waals surface area (Å²) in [6.07, 6.45) is 0.579. The zero-order valence-electron chi connectivity index (χ0n) is 12.9. The molecule has 0 bridgehead atoms. The number of benzene rings is 1. The van der Waals surface area contributed by atoms with E-state index in [0.717, 1.165) is 11.1 Å². The van der Waals surface area contributed by atoms with E-state index in [1.54, 1.807) is 4.90 Å². The molecule has 0 aliphatic carbocycles. The van der Waals surface area contributed by atoms with E-state index in [9.17, 15) is 14.4 Å². The number of rotatable bonds is 2. The Morgan fingerprint density at radius 3 is 2.83 bits per heavy atom. The molecular weight excluding hydrogens is 298 g/mol. The smallest absolute Gasteiger partial charge is 0.318 e. The van der Waals surface area contributed by atoms with Gasteiger partial charge in [-0.05, 0) is 17.5 Å². The number of methoxy groups -OCH3 is 1. The number of hydrogen-bond acceptors (Lipinski definition) is 4. The molecule has 7 heteroatoms. The number of fused-ring (bicyclic) bond motifs is 1. The van der Waals surface area contributed by atoms with Gasteiger partial charge in [-0.25, -0.2) is 4.79 Å². The first kappa shape index (κ1) is 15.3. The van der Waals surface area contributed by atoms with Crippen molar-refractivity contribution in [1.82, 2.24) is 15.5 Å². The Labute approximate surface area is 134 Å². The van der Waals surface area contributed by atoms with E-state index in [4.69, 9.17) is 4.74 Å². The monoisotopic (exact) mass is 317 g/mol. The van der Waals surface area contributed by atoms with Crippen molar-refractivity contribution in [3.05, 3.63) is 35.4 Å². The Bertz CT molecular complexity index is 646. The summed E-state index contributed by atoms with van der Waals surface area (Å²) in [5.74, 6) is -1.04. The molecule has 2 atom stereocenters. The van der Waals surface area contributed by atoms with E-state index < -0.39 is 12.0 Å². The fourth-order valence-corrected chi connectivity index (χ4v) is 3.08. The van der Waals surface area contributed by atoms with Crippen LogP contribution in [0.25, 0.3) is 0 Å². The minimum Gasteiger partial charge on any atom is -0.468 e. The van der Waals surface area contributed by atoms with Crippen molar-refractivity contribution in [2.24, 2.45) is 0 Å². The molecule has 1 aromatic carbocycles. The van der Waals surface area contributed by atoms with Crippen LogP contribution in [0.2, 0.25) is 0 Å². The van der Waals surface area contributed by atoms with Crippen LogP contribution in [0.3, 0.4) is 0 Å². The van der Waals surface area contributed by atoms with Crippen LogP contribution in [0.5, 0.6) is 0 Å². The van der Waals surface area contributed by atoms with Crippen molar-refractivity contribution in [2.45, 2.75) is 24.9 Å². The average molecular weight is 317 g/mol. The fourth-order valence-electron chi connectivity index (χ4n) is 3.08. The van der Waals surface area contributed by atoms with E-state index in [1.165, 1.54) is 7.11 Å². The van der Waals surface area contributed by atoms with Crippen LogP contribution in [0.1, 0.15) is 23.5 Å². The van der Waals surface area contributed by atoms with Gasteiger partial charge in [0.2, 0.25) is 5.91 Å². The second-order valence-corrected chi connectivity index (χ2v) is 5.74. The Hall–Kier alpha value is -2.57. The molecule has 2 heterocycles. The molecule has 7 nitrogen and oxygen atoms in total. The highest BCUT2D eigenvalue weighted by atomic mass is 16.5. The van der Waals surface area contributed by atoms with Gasteiger partial charge in [0, 0.05) is 19.6 Å². The summed E-state index contributed by atoms with van der Waals surface area (Å²) in [7, 11) is 1.34. The standard InChI is InChI=1S/C16H19N3O4/c1-23-15(21)12-9-19(8-10-4-2-3-5-11(10)12)16(22)18-13-6-7-17-14(13)20/h2-5,12-13H,6-9H2,1H3,(H,17,20)(H,18,22). The van der Waals surface area contributed by atoms with E-state index in [1.807, 2.05) is 24.3 Å². The highest BCUT2D eigenvalue weighted by molar-refractivity contribution is 5.89. The maximum atomic E-state index is 12.4. The van der Waals surface area contributed by atoms with E-state index in [-0.39, 0.29) is 24.5 Å². The molecular formula is C16H19N3O4. The van der Waals surface area contributed by atoms with Gasteiger partial charge in [0.15, 0.2) is 0 Å². The summed E-state index contributed by atoms with van der Waals surface area (Å²) >= 11 is 0. The number of ether oxygens (including phenoxy) is 1.